The number of amides is 2. The number of nitrogens with zero attached hydrogens (tertiary/aromatic N) is 3. The smallest absolute Gasteiger partial charge is 0.411 e. The number of anilines is 1. The second-order valence-electron chi connectivity index (χ2n) is 6.95. The van der Waals surface area contributed by atoms with E-state index in [1.165, 1.54) is 37.4 Å². The Labute approximate surface area is 203 Å². The summed E-state index contributed by atoms with van der Waals surface area (Å²) >= 11 is 12.0. The summed E-state index contributed by atoms with van der Waals surface area (Å²) in [5.74, 6) is -3.30. The lowest BCUT2D eigenvalue weighted by atomic mass is 10.1. The lowest BCUT2D eigenvalue weighted by molar-refractivity contribution is -0.246. The van der Waals surface area contributed by atoms with Crippen LogP contribution in [-0.2, 0) is 0 Å². The number of halogens is 7. The number of pyridine rings is 1. The molecular formula is C20H14Cl2F5N5O3. The molecule has 0 aliphatic rings. The molecular weight excluding hydrogens is 524 g/mol. The number of rotatable bonds is 8. The van der Waals surface area contributed by atoms with Gasteiger partial charge in [-0.3, -0.25) is 9.59 Å². The minimum atomic E-state index is -4.99. The van der Waals surface area contributed by atoms with Gasteiger partial charge in [-0.1, -0.05) is 23.2 Å². The molecule has 15 heteroatoms. The average Bonchev–Trinajstić information content (AvgIpc) is 3.17. The fourth-order valence-electron chi connectivity index (χ4n) is 2.89. The summed E-state index contributed by atoms with van der Waals surface area (Å²) in [4.78, 5) is 28.8. The zero-order chi connectivity index (χ0) is 26.1. The molecule has 8 nitrogen and oxygen atoms in total. The maximum atomic E-state index is 13.8. The molecule has 3 rings (SSSR count). The molecule has 2 amide bonds. The van der Waals surface area contributed by atoms with Crippen LogP contribution in [0.5, 0.6) is 5.88 Å². The second kappa shape index (κ2) is 10.0. The Balaban J connectivity index is 2.08. The molecule has 0 bridgehead atoms. The van der Waals surface area contributed by atoms with Crippen LogP contribution in [0.3, 0.4) is 0 Å². The van der Waals surface area contributed by atoms with Crippen molar-refractivity contribution in [1.29, 1.82) is 0 Å². The van der Waals surface area contributed by atoms with Gasteiger partial charge in [0.1, 0.15) is 5.69 Å². The molecule has 2 heterocycles. The molecule has 1 unspecified atom stereocenters. The molecule has 0 spiro atoms. The summed E-state index contributed by atoms with van der Waals surface area (Å²) in [5.41, 5.74) is 4.91. The molecule has 0 aliphatic heterocycles. The minimum Gasteiger partial charge on any atom is -0.411 e. The zero-order valence-corrected chi connectivity index (χ0v) is 18.9. The van der Waals surface area contributed by atoms with Crippen molar-refractivity contribution >= 4 is 40.7 Å². The minimum absolute atomic E-state index is 0.0545. The molecule has 0 saturated heterocycles. The predicted molar refractivity (Wildman–Crippen MR) is 116 cm³/mol. The van der Waals surface area contributed by atoms with Gasteiger partial charge in [-0.2, -0.15) is 8.78 Å². The molecule has 0 saturated carbocycles. The Morgan fingerprint density at radius 2 is 1.89 bits per heavy atom. The van der Waals surface area contributed by atoms with Gasteiger partial charge in [0.05, 0.1) is 16.3 Å². The van der Waals surface area contributed by atoms with Crippen molar-refractivity contribution in [1.82, 2.24) is 14.8 Å². The number of aromatic nitrogens is 3. The number of ether oxygens (including phenoxy) is 1. The van der Waals surface area contributed by atoms with Crippen LogP contribution >= 0.6 is 23.2 Å². The molecule has 3 N–H and O–H groups in total. The van der Waals surface area contributed by atoms with Crippen molar-refractivity contribution in [2.75, 3.05) is 5.32 Å². The summed E-state index contributed by atoms with van der Waals surface area (Å²) in [5, 5.41) is 6.06. The van der Waals surface area contributed by atoms with Crippen molar-refractivity contribution in [3.8, 4) is 11.7 Å². The van der Waals surface area contributed by atoms with Crippen molar-refractivity contribution in [3.05, 3.63) is 63.4 Å². The molecule has 2 aromatic heterocycles. The third kappa shape index (κ3) is 5.62. The monoisotopic (exact) mass is 537 g/mol. The van der Waals surface area contributed by atoms with Crippen LogP contribution in [0.15, 0.2) is 36.5 Å². The fraction of sp³-hybridized carbons (Fsp3) is 0.200. The van der Waals surface area contributed by atoms with E-state index in [1.807, 2.05) is 0 Å². The van der Waals surface area contributed by atoms with E-state index >= 15 is 0 Å². The number of benzene rings is 1. The first-order chi connectivity index (χ1) is 16.3. The van der Waals surface area contributed by atoms with Gasteiger partial charge in [0.15, 0.2) is 5.82 Å². The van der Waals surface area contributed by atoms with Crippen molar-refractivity contribution in [2.45, 2.75) is 25.6 Å². The molecule has 1 aromatic carbocycles. The topological polar surface area (TPSA) is 112 Å². The second-order valence-corrected chi connectivity index (χ2v) is 7.80. The molecule has 0 aliphatic carbocycles. The molecule has 3 aromatic rings. The average molecular weight is 538 g/mol. The fourth-order valence-corrected chi connectivity index (χ4v) is 3.36. The summed E-state index contributed by atoms with van der Waals surface area (Å²) < 4.78 is 70.6. The van der Waals surface area contributed by atoms with Crippen molar-refractivity contribution in [3.63, 3.8) is 0 Å². The van der Waals surface area contributed by atoms with Crippen LogP contribution in [0, 0.1) is 6.92 Å². The van der Waals surface area contributed by atoms with Gasteiger partial charge in [-0.05, 0) is 36.8 Å². The van der Waals surface area contributed by atoms with Crippen LogP contribution in [0.2, 0.25) is 10.0 Å². The SMILES string of the molecule is Cc1cc(Cl)cc(C(N)=O)c1NC(=O)c1cc(OC(F)(F)C(F)C(F)F)nn1-c1ncccc1Cl. The van der Waals surface area contributed by atoms with E-state index in [-0.39, 0.29) is 27.1 Å². The summed E-state index contributed by atoms with van der Waals surface area (Å²) in [6.07, 6.45) is -11.8. The van der Waals surface area contributed by atoms with Crippen LogP contribution in [0.25, 0.3) is 5.82 Å². The number of primary amides is 1. The largest absolute Gasteiger partial charge is 0.436 e. The summed E-state index contributed by atoms with van der Waals surface area (Å²) in [7, 11) is 0. The number of carbonyl (C=O) groups excluding carboxylic acids is 2. The Morgan fingerprint density at radius 1 is 1.20 bits per heavy atom. The van der Waals surface area contributed by atoms with Gasteiger partial charge in [0.25, 0.3) is 24.4 Å². The first-order valence-electron chi connectivity index (χ1n) is 9.43. The van der Waals surface area contributed by atoms with Crippen molar-refractivity contribution < 1.29 is 36.3 Å². The van der Waals surface area contributed by atoms with Crippen LogP contribution in [0.1, 0.15) is 26.4 Å². The Morgan fingerprint density at radius 3 is 2.49 bits per heavy atom. The van der Waals surface area contributed by atoms with E-state index in [4.69, 9.17) is 28.9 Å². The number of carbonyl (C=O) groups is 2. The molecule has 1 atom stereocenters. The quantitative estimate of drug-likeness (QED) is 0.400. The maximum absolute atomic E-state index is 13.8. The van der Waals surface area contributed by atoms with Gasteiger partial charge in [0.2, 0.25) is 5.88 Å². The highest BCUT2D eigenvalue weighted by atomic mass is 35.5. The molecule has 0 fully saturated rings. The Bertz CT molecular complexity index is 1290. The molecule has 0 radical (unpaired) electrons. The van der Waals surface area contributed by atoms with E-state index in [9.17, 15) is 31.5 Å². The lowest BCUT2D eigenvalue weighted by Gasteiger charge is -2.19. The van der Waals surface area contributed by atoms with E-state index in [0.717, 1.165) is 0 Å². The van der Waals surface area contributed by atoms with Gasteiger partial charge < -0.3 is 15.8 Å². The first-order valence-corrected chi connectivity index (χ1v) is 10.2. The van der Waals surface area contributed by atoms with E-state index in [2.05, 4.69) is 20.1 Å². The van der Waals surface area contributed by atoms with Gasteiger partial charge in [-0.25, -0.2) is 22.8 Å². The normalized spacial score (nSPS) is 12.5. The zero-order valence-electron chi connectivity index (χ0n) is 17.4. The highest BCUT2D eigenvalue weighted by Crippen LogP contribution is 2.32. The first kappa shape index (κ1) is 26.2. The number of alkyl halides is 5. The van der Waals surface area contributed by atoms with Gasteiger partial charge >= 0.3 is 6.11 Å². The van der Waals surface area contributed by atoms with Crippen LogP contribution in [0.4, 0.5) is 27.6 Å². The molecule has 35 heavy (non-hydrogen) atoms. The molecule has 186 valence electrons. The highest BCUT2D eigenvalue weighted by molar-refractivity contribution is 6.32. The number of hydrogen-bond acceptors (Lipinski definition) is 5. The maximum Gasteiger partial charge on any atom is 0.436 e. The van der Waals surface area contributed by atoms with Crippen molar-refractivity contribution in [2.24, 2.45) is 5.73 Å². The third-order valence-corrected chi connectivity index (χ3v) is 4.96. The van der Waals surface area contributed by atoms with Gasteiger partial charge in [-0.15, -0.1) is 5.10 Å². The van der Waals surface area contributed by atoms with E-state index < -0.39 is 42.1 Å². The Hall–Kier alpha value is -3.45. The lowest BCUT2D eigenvalue weighted by Crippen LogP contribution is -2.41. The van der Waals surface area contributed by atoms with E-state index in [1.54, 1.807) is 0 Å². The number of hydrogen-bond donors (Lipinski definition) is 2. The number of aryl methyl sites for hydroxylation is 1. The predicted octanol–water partition coefficient (Wildman–Crippen LogP) is 4.81. The van der Waals surface area contributed by atoms with E-state index in [0.29, 0.717) is 16.3 Å². The summed E-state index contributed by atoms with van der Waals surface area (Å²) in [6.45, 7) is 1.50. The number of nitrogens with two attached hydrogens (primary N) is 1. The van der Waals surface area contributed by atoms with Crippen LogP contribution in [-0.4, -0.2) is 45.3 Å². The Kier molecular flexibility index (Phi) is 7.50. The third-order valence-electron chi connectivity index (χ3n) is 4.45. The van der Waals surface area contributed by atoms with Gasteiger partial charge in [0, 0.05) is 17.3 Å². The van der Waals surface area contributed by atoms with Crippen LogP contribution < -0.4 is 15.8 Å². The standard InChI is InChI=1S/C20H14Cl2F5N5O3/c1-8-5-9(21)6-10(17(28)33)14(8)30-19(34)12-7-13(35-20(26,27)15(23)16(24)25)31-32(12)18-11(22)3-2-4-29-18/h2-7,15-16H,1H3,(H2,28,33)(H,30,34). The summed E-state index contributed by atoms with van der Waals surface area (Å²) in [6, 6.07) is 6.00. The highest BCUT2D eigenvalue weighted by Gasteiger charge is 2.49. The number of nitrogens with one attached hydrogen (secondary N) is 1.